The van der Waals surface area contributed by atoms with Crippen LogP contribution in [-0.4, -0.2) is 24.5 Å². The first-order valence-corrected chi connectivity index (χ1v) is 25.6. The molecule has 0 rings (SSSR count). The third kappa shape index (κ3) is 42.9. The minimum Gasteiger partial charge on any atom is -0.303 e. The maximum absolute atomic E-state index is 2.89. The van der Waals surface area contributed by atoms with E-state index in [1.165, 1.54) is 264 Å². The third-order valence-electron chi connectivity index (χ3n) is 12.9. The highest BCUT2D eigenvalue weighted by molar-refractivity contribution is 4.65. The Morgan fingerprint density at radius 3 is 0.774 bits per heavy atom. The first-order chi connectivity index (χ1) is 25.9. The summed E-state index contributed by atoms with van der Waals surface area (Å²) in [6, 6.07) is 0. The van der Waals surface area contributed by atoms with E-state index in [-0.39, 0.29) is 0 Å². The van der Waals surface area contributed by atoms with Crippen LogP contribution in [-0.2, 0) is 0 Å². The van der Waals surface area contributed by atoms with Crippen molar-refractivity contribution in [2.75, 3.05) is 19.6 Å². The van der Waals surface area contributed by atoms with E-state index in [2.05, 4.69) is 53.4 Å². The molecule has 0 aromatic heterocycles. The van der Waals surface area contributed by atoms with Gasteiger partial charge in [-0.3, -0.25) is 0 Å². The van der Waals surface area contributed by atoms with Crippen LogP contribution in [0.15, 0.2) is 0 Å². The fraction of sp³-hybridized carbons (Fsp3) is 1.00. The van der Waals surface area contributed by atoms with Crippen molar-refractivity contribution in [1.29, 1.82) is 0 Å². The highest BCUT2D eigenvalue weighted by Gasteiger charge is 2.11. The fourth-order valence-electron chi connectivity index (χ4n) is 8.74. The molecule has 0 spiro atoms. The van der Waals surface area contributed by atoms with E-state index in [1.807, 2.05) is 0 Å². The molecule has 3 atom stereocenters. The lowest BCUT2D eigenvalue weighted by Gasteiger charge is -2.24. The smallest absolute Gasteiger partial charge is 0.00162 e. The molecule has 0 aromatic rings. The summed E-state index contributed by atoms with van der Waals surface area (Å²) in [5, 5.41) is 0. The number of hydrogen-bond acceptors (Lipinski definition) is 1. The summed E-state index contributed by atoms with van der Waals surface area (Å²) in [5.41, 5.74) is 0. The van der Waals surface area contributed by atoms with Gasteiger partial charge >= 0.3 is 0 Å². The summed E-state index contributed by atoms with van der Waals surface area (Å²) in [4.78, 5) is 2.89. The van der Waals surface area contributed by atoms with E-state index < -0.39 is 0 Å². The molecule has 1 nitrogen and oxygen atoms in total. The first-order valence-electron chi connectivity index (χ1n) is 25.6. The van der Waals surface area contributed by atoms with Gasteiger partial charge in [-0.1, -0.05) is 273 Å². The standard InChI is InChI=1S/C52H107N/c1-8-10-12-14-16-18-20-22-24-26-28-30-32-34-46-53(47-35-33-31-29-27-25-23-21-19-17-15-13-11-9-2)48-45-52(7)44-38-43-51(6)42-37-41-50(5)40-36-39-49(3)4/h49-52H,8-48H2,1-7H3. The topological polar surface area (TPSA) is 3.24 Å². The lowest BCUT2D eigenvalue weighted by Crippen LogP contribution is -2.28. The minimum atomic E-state index is 0.871. The quantitative estimate of drug-likeness (QED) is 0.0561. The van der Waals surface area contributed by atoms with Crippen LogP contribution in [0.5, 0.6) is 0 Å². The highest BCUT2D eigenvalue weighted by atomic mass is 15.1. The van der Waals surface area contributed by atoms with Gasteiger partial charge in [0.25, 0.3) is 0 Å². The van der Waals surface area contributed by atoms with Crippen molar-refractivity contribution in [2.45, 2.75) is 292 Å². The van der Waals surface area contributed by atoms with E-state index in [0.717, 1.165) is 23.7 Å². The Bertz CT molecular complexity index is 624. The zero-order valence-electron chi connectivity index (χ0n) is 38.7. The predicted molar refractivity (Wildman–Crippen MR) is 246 cm³/mol. The summed E-state index contributed by atoms with van der Waals surface area (Å²) in [5.74, 6) is 3.61. The van der Waals surface area contributed by atoms with Crippen molar-refractivity contribution in [3.05, 3.63) is 0 Å². The molecule has 0 amide bonds. The van der Waals surface area contributed by atoms with Crippen LogP contribution in [0.4, 0.5) is 0 Å². The second-order valence-corrected chi connectivity index (χ2v) is 19.3. The highest BCUT2D eigenvalue weighted by Crippen LogP contribution is 2.23. The normalized spacial score (nSPS) is 13.8. The van der Waals surface area contributed by atoms with Gasteiger partial charge < -0.3 is 4.90 Å². The Morgan fingerprint density at radius 2 is 0.491 bits per heavy atom. The van der Waals surface area contributed by atoms with Gasteiger partial charge in [0.2, 0.25) is 0 Å². The molecular weight excluding hydrogens is 639 g/mol. The van der Waals surface area contributed by atoms with Crippen molar-refractivity contribution in [2.24, 2.45) is 23.7 Å². The lowest BCUT2D eigenvalue weighted by molar-refractivity contribution is 0.238. The van der Waals surface area contributed by atoms with Gasteiger partial charge in [-0.25, -0.2) is 0 Å². The zero-order valence-corrected chi connectivity index (χ0v) is 38.7. The van der Waals surface area contributed by atoms with Crippen LogP contribution in [0.3, 0.4) is 0 Å². The molecule has 0 N–H and O–H groups in total. The van der Waals surface area contributed by atoms with Gasteiger partial charge in [0.15, 0.2) is 0 Å². The summed E-state index contributed by atoms with van der Waals surface area (Å²) in [7, 11) is 0. The minimum absolute atomic E-state index is 0.871. The molecule has 0 saturated carbocycles. The molecule has 53 heavy (non-hydrogen) atoms. The van der Waals surface area contributed by atoms with E-state index in [4.69, 9.17) is 0 Å². The molecule has 0 bridgehead atoms. The third-order valence-corrected chi connectivity index (χ3v) is 12.9. The van der Waals surface area contributed by atoms with Crippen molar-refractivity contribution < 1.29 is 0 Å². The Morgan fingerprint density at radius 1 is 0.245 bits per heavy atom. The SMILES string of the molecule is CCCCCCCCCCCCCCCCN(CCCCCCCCCCCCCCCC)CCC(C)CCCC(C)CCCC(C)CCCC(C)C. The van der Waals surface area contributed by atoms with Crippen molar-refractivity contribution in [3.8, 4) is 0 Å². The molecule has 0 saturated heterocycles. The summed E-state index contributed by atoms with van der Waals surface area (Å²) in [6.45, 7) is 21.0. The van der Waals surface area contributed by atoms with E-state index in [1.54, 1.807) is 0 Å². The number of hydrogen-bond donors (Lipinski definition) is 0. The van der Waals surface area contributed by atoms with Gasteiger partial charge in [-0.05, 0) is 62.6 Å². The average molecular weight is 746 g/mol. The Kier molecular flexibility index (Phi) is 43.1. The Labute approximate surface area is 339 Å². The van der Waals surface area contributed by atoms with Crippen LogP contribution in [0.2, 0.25) is 0 Å². The molecule has 0 aromatic carbocycles. The van der Waals surface area contributed by atoms with Crippen LogP contribution < -0.4 is 0 Å². The fourth-order valence-corrected chi connectivity index (χ4v) is 8.74. The van der Waals surface area contributed by atoms with Crippen molar-refractivity contribution in [1.82, 2.24) is 4.90 Å². The van der Waals surface area contributed by atoms with Gasteiger partial charge in [-0.15, -0.1) is 0 Å². The summed E-state index contributed by atoms with van der Waals surface area (Å²) < 4.78 is 0. The van der Waals surface area contributed by atoms with Crippen LogP contribution in [0.1, 0.15) is 292 Å². The Hall–Kier alpha value is -0.0400. The second-order valence-electron chi connectivity index (χ2n) is 19.3. The second kappa shape index (κ2) is 43.1. The molecule has 0 fully saturated rings. The van der Waals surface area contributed by atoms with Crippen LogP contribution >= 0.6 is 0 Å². The van der Waals surface area contributed by atoms with E-state index in [0.29, 0.717) is 0 Å². The lowest BCUT2D eigenvalue weighted by atomic mass is 9.90. The molecule has 0 radical (unpaired) electrons. The number of rotatable bonds is 45. The first kappa shape index (κ1) is 53.0. The van der Waals surface area contributed by atoms with Gasteiger partial charge in [0.05, 0.1) is 0 Å². The van der Waals surface area contributed by atoms with Gasteiger partial charge in [0, 0.05) is 0 Å². The monoisotopic (exact) mass is 746 g/mol. The van der Waals surface area contributed by atoms with Gasteiger partial charge in [-0.2, -0.15) is 0 Å². The van der Waals surface area contributed by atoms with Crippen molar-refractivity contribution in [3.63, 3.8) is 0 Å². The summed E-state index contributed by atoms with van der Waals surface area (Å²) >= 11 is 0. The molecule has 3 unspecified atom stereocenters. The van der Waals surface area contributed by atoms with Crippen LogP contribution in [0, 0.1) is 23.7 Å². The molecule has 320 valence electrons. The summed E-state index contributed by atoms with van der Waals surface area (Å²) in [6.07, 6.45) is 55.3. The predicted octanol–water partition coefficient (Wildman–Crippen LogP) is 18.7. The molecule has 0 heterocycles. The largest absolute Gasteiger partial charge is 0.303 e. The van der Waals surface area contributed by atoms with E-state index >= 15 is 0 Å². The molecule has 0 aliphatic heterocycles. The number of nitrogens with zero attached hydrogens (tertiary/aromatic N) is 1. The number of unbranched alkanes of at least 4 members (excludes halogenated alkanes) is 26. The maximum Gasteiger partial charge on any atom is -0.00162 e. The van der Waals surface area contributed by atoms with Crippen LogP contribution in [0.25, 0.3) is 0 Å². The maximum atomic E-state index is 2.89. The Balaban J connectivity index is 4.21. The molecule has 0 aliphatic carbocycles. The van der Waals surface area contributed by atoms with Crippen molar-refractivity contribution >= 4 is 0 Å². The molecular formula is C52H107N. The van der Waals surface area contributed by atoms with Gasteiger partial charge in [0.1, 0.15) is 0 Å². The average Bonchev–Trinajstić information content (AvgIpc) is 3.13. The van der Waals surface area contributed by atoms with E-state index in [9.17, 15) is 0 Å². The molecule has 0 aliphatic rings. The zero-order chi connectivity index (χ0) is 38.9. The molecule has 1 heteroatoms.